The fraction of sp³-hybridized carbons (Fsp3) is 0.667. The maximum Gasteiger partial charge on any atom is 0.129 e. The van der Waals surface area contributed by atoms with E-state index in [1.54, 1.807) is 6.20 Å². The van der Waals surface area contributed by atoms with Gasteiger partial charge in [0, 0.05) is 37.9 Å². The van der Waals surface area contributed by atoms with Crippen molar-refractivity contribution in [2.75, 3.05) is 19.6 Å². The van der Waals surface area contributed by atoms with Crippen LogP contribution in [0.4, 0.5) is 0 Å². The molecule has 1 aromatic heterocycles. The first-order valence-corrected chi connectivity index (χ1v) is 7.69. The molecule has 2 saturated heterocycles. The Morgan fingerprint density at radius 2 is 2.26 bits per heavy atom. The molecule has 0 N–H and O–H groups in total. The van der Waals surface area contributed by atoms with E-state index in [0.717, 1.165) is 12.6 Å². The predicted molar refractivity (Wildman–Crippen MR) is 78.3 cm³/mol. The Morgan fingerprint density at radius 1 is 1.37 bits per heavy atom. The van der Waals surface area contributed by atoms with Gasteiger partial charge in [-0.25, -0.2) is 4.98 Å². The summed E-state index contributed by atoms with van der Waals surface area (Å²) in [6.45, 7) is 7.04. The van der Waals surface area contributed by atoms with Crippen LogP contribution in [0.15, 0.2) is 18.3 Å². The Kier molecular flexibility index (Phi) is 4.06. The van der Waals surface area contributed by atoms with Gasteiger partial charge in [-0.3, -0.25) is 9.80 Å². The first-order chi connectivity index (χ1) is 9.22. The smallest absolute Gasteiger partial charge is 0.129 e. The first kappa shape index (κ1) is 13.3. The molecule has 2 aliphatic rings. The molecule has 4 heteroatoms. The molecule has 1 aromatic rings. The SMILES string of the molecule is C[C@@H]1CN2CCCC[C@@H]2CN1Cc1ccnc(Cl)c1. The Labute approximate surface area is 120 Å². The summed E-state index contributed by atoms with van der Waals surface area (Å²) in [6, 6.07) is 5.46. The van der Waals surface area contributed by atoms with E-state index in [0.29, 0.717) is 11.2 Å². The van der Waals surface area contributed by atoms with Crippen molar-refractivity contribution in [2.45, 2.75) is 44.8 Å². The third kappa shape index (κ3) is 3.10. The lowest BCUT2D eigenvalue weighted by atomic mass is 9.97. The molecular formula is C15H22ClN3. The molecule has 19 heavy (non-hydrogen) atoms. The summed E-state index contributed by atoms with van der Waals surface area (Å²) in [5, 5.41) is 0.599. The van der Waals surface area contributed by atoms with E-state index in [-0.39, 0.29) is 0 Å². The minimum atomic E-state index is 0.599. The Balaban J connectivity index is 1.67. The van der Waals surface area contributed by atoms with Crippen LogP contribution in [0.5, 0.6) is 0 Å². The van der Waals surface area contributed by atoms with E-state index in [1.165, 1.54) is 44.5 Å². The predicted octanol–water partition coefficient (Wildman–Crippen LogP) is 2.79. The normalized spacial score (nSPS) is 29.2. The first-order valence-electron chi connectivity index (χ1n) is 7.31. The minimum absolute atomic E-state index is 0.599. The Hall–Kier alpha value is -0.640. The van der Waals surface area contributed by atoms with Crippen molar-refractivity contribution < 1.29 is 0 Å². The van der Waals surface area contributed by atoms with E-state index in [1.807, 2.05) is 6.07 Å². The molecule has 0 radical (unpaired) electrons. The standard InChI is InChI=1S/C15H22ClN3/c1-12-9-18-7-3-2-4-14(18)11-19(12)10-13-5-6-17-15(16)8-13/h5-6,8,12,14H,2-4,7,9-11H2,1H3/t12-,14-/m1/s1. The van der Waals surface area contributed by atoms with Crippen molar-refractivity contribution in [1.29, 1.82) is 0 Å². The molecule has 2 fully saturated rings. The molecule has 0 amide bonds. The third-order valence-corrected chi connectivity index (χ3v) is 4.70. The second kappa shape index (κ2) is 5.78. The van der Waals surface area contributed by atoms with Crippen LogP contribution in [0, 0.1) is 0 Å². The molecule has 2 aliphatic heterocycles. The van der Waals surface area contributed by atoms with E-state index in [9.17, 15) is 0 Å². The fourth-order valence-corrected chi connectivity index (χ4v) is 3.60. The maximum absolute atomic E-state index is 5.97. The van der Waals surface area contributed by atoms with Gasteiger partial charge in [0.1, 0.15) is 5.15 Å². The molecule has 3 heterocycles. The molecule has 0 bridgehead atoms. The van der Waals surface area contributed by atoms with Gasteiger partial charge in [-0.1, -0.05) is 18.0 Å². The van der Waals surface area contributed by atoms with Gasteiger partial charge in [0.15, 0.2) is 0 Å². The van der Waals surface area contributed by atoms with Crippen LogP contribution < -0.4 is 0 Å². The Morgan fingerprint density at radius 3 is 3.11 bits per heavy atom. The van der Waals surface area contributed by atoms with Gasteiger partial charge in [0.2, 0.25) is 0 Å². The number of hydrogen-bond acceptors (Lipinski definition) is 3. The molecule has 3 rings (SSSR count). The van der Waals surface area contributed by atoms with Gasteiger partial charge in [-0.2, -0.15) is 0 Å². The molecule has 0 unspecified atom stereocenters. The molecular weight excluding hydrogens is 258 g/mol. The summed E-state index contributed by atoms with van der Waals surface area (Å²) >= 11 is 5.97. The van der Waals surface area contributed by atoms with Crippen molar-refractivity contribution in [1.82, 2.24) is 14.8 Å². The minimum Gasteiger partial charge on any atom is -0.298 e. The highest BCUT2D eigenvalue weighted by molar-refractivity contribution is 6.29. The number of hydrogen-bond donors (Lipinski definition) is 0. The highest BCUT2D eigenvalue weighted by Gasteiger charge is 2.32. The highest BCUT2D eigenvalue weighted by atomic mass is 35.5. The van der Waals surface area contributed by atoms with Gasteiger partial charge in [-0.15, -0.1) is 0 Å². The number of piperazine rings is 1. The zero-order valence-corrected chi connectivity index (χ0v) is 12.3. The molecule has 0 aliphatic carbocycles. The van der Waals surface area contributed by atoms with Crippen LogP contribution in [0.1, 0.15) is 31.7 Å². The lowest BCUT2D eigenvalue weighted by Gasteiger charge is -2.47. The number of pyridine rings is 1. The second-order valence-electron chi connectivity index (χ2n) is 5.91. The lowest BCUT2D eigenvalue weighted by Crippen LogP contribution is -2.58. The summed E-state index contributed by atoms with van der Waals surface area (Å²) < 4.78 is 0. The summed E-state index contributed by atoms with van der Waals surface area (Å²) in [7, 11) is 0. The largest absolute Gasteiger partial charge is 0.298 e. The van der Waals surface area contributed by atoms with Crippen LogP contribution >= 0.6 is 11.6 Å². The number of rotatable bonds is 2. The number of piperidine rings is 1. The van der Waals surface area contributed by atoms with E-state index < -0.39 is 0 Å². The summed E-state index contributed by atoms with van der Waals surface area (Å²) in [5.74, 6) is 0. The van der Waals surface area contributed by atoms with Gasteiger partial charge < -0.3 is 0 Å². The monoisotopic (exact) mass is 279 g/mol. The van der Waals surface area contributed by atoms with Crippen LogP contribution in [-0.2, 0) is 6.54 Å². The van der Waals surface area contributed by atoms with Crippen molar-refractivity contribution >= 4 is 11.6 Å². The van der Waals surface area contributed by atoms with Gasteiger partial charge >= 0.3 is 0 Å². The topological polar surface area (TPSA) is 19.4 Å². The van der Waals surface area contributed by atoms with Crippen LogP contribution in [0.25, 0.3) is 0 Å². The quantitative estimate of drug-likeness (QED) is 0.776. The van der Waals surface area contributed by atoms with Crippen molar-refractivity contribution in [2.24, 2.45) is 0 Å². The van der Waals surface area contributed by atoms with Crippen molar-refractivity contribution in [3.63, 3.8) is 0 Å². The molecule has 0 saturated carbocycles. The lowest BCUT2D eigenvalue weighted by molar-refractivity contribution is 0.0111. The van der Waals surface area contributed by atoms with Gasteiger partial charge in [0.05, 0.1) is 0 Å². The number of aromatic nitrogens is 1. The zero-order valence-electron chi connectivity index (χ0n) is 11.6. The molecule has 2 atom stereocenters. The summed E-state index contributed by atoms with van der Waals surface area (Å²) in [5.41, 5.74) is 1.27. The molecule has 0 spiro atoms. The number of fused-ring (bicyclic) bond motifs is 1. The van der Waals surface area contributed by atoms with Crippen molar-refractivity contribution in [3.05, 3.63) is 29.0 Å². The van der Waals surface area contributed by atoms with Crippen LogP contribution in [-0.4, -0.2) is 46.5 Å². The van der Waals surface area contributed by atoms with Crippen molar-refractivity contribution in [3.8, 4) is 0 Å². The number of nitrogens with zero attached hydrogens (tertiary/aromatic N) is 3. The van der Waals surface area contributed by atoms with E-state index in [4.69, 9.17) is 11.6 Å². The summed E-state index contributed by atoms with van der Waals surface area (Å²) in [4.78, 5) is 9.34. The highest BCUT2D eigenvalue weighted by Crippen LogP contribution is 2.25. The maximum atomic E-state index is 5.97. The molecule has 3 nitrogen and oxygen atoms in total. The average Bonchev–Trinajstić information content (AvgIpc) is 2.40. The van der Waals surface area contributed by atoms with E-state index in [2.05, 4.69) is 27.8 Å². The molecule has 0 aromatic carbocycles. The number of halogens is 1. The molecule has 104 valence electrons. The fourth-order valence-electron chi connectivity index (χ4n) is 3.41. The van der Waals surface area contributed by atoms with Crippen LogP contribution in [0.3, 0.4) is 0 Å². The van der Waals surface area contributed by atoms with Gasteiger partial charge in [0.25, 0.3) is 0 Å². The van der Waals surface area contributed by atoms with Crippen LogP contribution in [0.2, 0.25) is 5.15 Å². The zero-order chi connectivity index (χ0) is 13.2. The Bertz CT molecular complexity index is 437. The van der Waals surface area contributed by atoms with E-state index >= 15 is 0 Å². The van der Waals surface area contributed by atoms with Gasteiger partial charge in [-0.05, 0) is 44.0 Å². The third-order valence-electron chi connectivity index (χ3n) is 4.49. The second-order valence-corrected chi connectivity index (χ2v) is 6.30. The average molecular weight is 280 g/mol. The summed E-state index contributed by atoms with van der Waals surface area (Å²) in [6.07, 6.45) is 5.94.